The van der Waals surface area contributed by atoms with Gasteiger partial charge in [0.25, 0.3) is 0 Å². The van der Waals surface area contributed by atoms with Crippen LogP contribution in [0.25, 0.3) is 9.88 Å². The lowest BCUT2D eigenvalue weighted by Crippen LogP contribution is -2.30. The molecule has 2 heterocycles. The molecule has 18 heavy (non-hydrogen) atoms. The van der Waals surface area contributed by atoms with Crippen LogP contribution in [0.3, 0.4) is 0 Å². The maximum Gasteiger partial charge on any atom is 0.226 e. The fourth-order valence-electron chi connectivity index (χ4n) is 1.37. The fourth-order valence-corrected chi connectivity index (χ4v) is 3.30. The first-order valence-corrected chi connectivity index (χ1v) is 7.43. The van der Waals surface area contributed by atoms with Crippen LogP contribution < -0.4 is 11.1 Å². The van der Waals surface area contributed by atoms with E-state index in [2.05, 4.69) is 10.3 Å². The lowest BCUT2D eigenvalue weighted by molar-refractivity contribution is -0.120. The monoisotopic (exact) mass is 301 g/mol. The molecule has 0 fully saturated rings. The van der Waals surface area contributed by atoms with E-state index in [1.54, 1.807) is 0 Å². The van der Waals surface area contributed by atoms with Gasteiger partial charge in [-0.25, -0.2) is 4.98 Å². The molecule has 0 unspecified atom stereocenters. The van der Waals surface area contributed by atoms with Crippen molar-refractivity contribution in [3.8, 4) is 9.88 Å². The first-order valence-electron chi connectivity index (χ1n) is 5.36. The second kappa shape index (κ2) is 6.29. The van der Waals surface area contributed by atoms with Crippen LogP contribution in [-0.2, 0) is 11.2 Å². The Kier molecular flexibility index (Phi) is 4.71. The normalized spacial score (nSPS) is 10.6. The van der Waals surface area contributed by atoms with Crippen LogP contribution in [-0.4, -0.2) is 24.0 Å². The molecule has 0 aliphatic heterocycles. The second-order valence-corrected chi connectivity index (χ2v) is 6.14. The van der Waals surface area contributed by atoms with Gasteiger partial charge in [0.15, 0.2) is 0 Å². The summed E-state index contributed by atoms with van der Waals surface area (Å²) in [4.78, 5) is 16.9. The molecular formula is C11H12ClN3OS2. The van der Waals surface area contributed by atoms with Crippen LogP contribution in [0.15, 0.2) is 17.5 Å². The zero-order chi connectivity index (χ0) is 13.0. The highest BCUT2D eigenvalue weighted by Crippen LogP contribution is 2.32. The Labute approximate surface area is 118 Å². The first kappa shape index (κ1) is 13.5. The molecule has 4 nitrogen and oxygen atoms in total. The number of amides is 1. The van der Waals surface area contributed by atoms with E-state index in [9.17, 15) is 4.79 Å². The van der Waals surface area contributed by atoms with E-state index >= 15 is 0 Å². The summed E-state index contributed by atoms with van der Waals surface area (Å²) in [7, 11) is 0. The topological polar surface area (TPSA) is 68.0 Å². The van der Waals surface area contributed by atoms with E-state index in [1.807, 2.05) is 17.5 Å². The third-order valence-corrected chi connectivity index (χ3v) is 4.44. The molecule has 2 aromatic rings. The number of hydrogen-bond donors (Lipinski definition) is 2. The molecule has 96 valence electrons. The second-order valence-electron chi connectivity index (χ2n) is 3.56. The average molecular weight is 302 g/mol. The predicted octanol–water partition coefficient (Wildman–Crippen LogP) is 2.14. The molecule has 3 N–H and O–H groups in total. The Morgan fingerprint density at radius 1 is 1.50 bits per heavy atom. The summed E-state index contributed by atoms with van der Waals surface area (Å²) in [5.41, 5.74) is 6.09. The summed E-state index contributed by atoms with van der Waals surface area (Å²) in [5, 5.41) is 5.51. The van der Waals surface area contributed by atoms with Crippen LogP contribution in [0.5, 0.6) is 0 Å². The summed E-state index contributed by atoms with van der Waals surface area (Å²) >= 11 is 8.88. The van der Waals surface area contributed by atoms with Gasteiger partial charge in [-0.05, 0) is 12.1 Å². The Morgan fingerprint density at radius 2 is 2.33 bits per heavy atom. The highest BCUT2D eigenvalue weighted by molar-refractivity contribution is 7.23. The van der Waals surface area contributed by atoms with Crippen molar-refractivity contribution in [2.24, 2.45) is 5.73 Å². The Hall–Kier alpha value is -0.950. The van der Waals surface area contributed by atoms with Crippen LogP contribution >= 0.6 is 34.3 Å². The maximum atomic E-state index is 11.5. The van der Waals surface area contributed by atoms with Crippen LogP contribution in [0.4, 0.5) is 0 Å². The van der Waals surface area contributed by atoms with Crippen molar-refractivity contribution in [2.45, 2.75) is 6.42 Å². The van der Waals surface area contributed by atoms with E-state index in [0.29, 0.717) is 13.1 Å². The van der Waals surface area contributed by atoms with Gasteiger partial charge in [0.1, 0.15) is 5.01 Å². The lowest BCUT2D eigenvalue weighted by atomic mass is 10.3. The number of hydrogen-bond acceptors (Lipinski definition) is 5. The average Bonchev–Trinajstić information content (AvgIpc) is 2.95. The largest absolute Gasteiger partial charge is 0.354 e. The van der Waals surface area contributed by atoms with Crippen molar-refractivity contribution < 1.29 is 4.79 Å². The van der Waals surface area contributed by atoms with Gasteiger partial charge in [-0.3, -0.25) is 4.79 Å². The van der Waals surface area contributed by atoms with Crippen LogP contribution in [0.1, 0.15) is 5.69 Å². The number of thiophene rings is 1. The van der Waals surface area contributed by atoms with Crippen molar-refractivity contribution in [1.82, 2.24) is 10.3 Å². The number of carbonyl (C=O) groups excluding carboxylic acids is 1. The smallest absolute Gasteiger partial charge is 0.226 e. The summed E-state index contributed by atoms with van der Waals surface area (Å²) in [6.07, 6.45) is 0.287. The minimum absolute atomic E-state index is 0.0542. The number of nitrogens with zero attached hydrogens (tertiary/aromatic N) is 1. The molecule has 7 heteroatoms. The highest BCUT2D eigenvalue weighted by Gasteiger charge is 2.10. The summed E-state index contributed by atoms with van der Waals surface area (Å²) < 4.78 is 0.738. The van der Waals surface area contributed by atoms with Gasteiger partial charge in [-0.2, -0.15) is 0 Å². The molecule has 0 saturated carbocycles. The molecule has 0 aromatic carbocycles. The molecule has 0 aliphatic carbocycles. The highest BCUT2D eigenvalue weighted by atomic mass is 35.5. The fraction of sp³-hybridized carbons (Fsp3) is 0.273. The van der Waals surface area contributed by atoms with Crippen molar-refractivity contribution in [2.75, 3.05) is 13.1 Å². The molecule has 2 aromatic heterocycles. The number of carbonyl (C=O) groups is 1. The molecule has 0 bridgehead atoms. The van der Waals surface area contributed by atoms with Gasteiger partial charge in [0, 0.05) is 18.5 Å². The standard InChI is InChI=1S/C11H12ClN3OS2/c12-9-2-1-8(18-9)11-15-7(6-17-11)5-10(16)14-4-3-13/h1-2,6H,3-5,13H2,(H,14,16). The van der Waals surface area contributed by atoms with Crippen LogP contribution in [0, 0.1) is 0 Å². The number of halogens is 1. The SMILES string of the molecule is NCCNC(=O)Cc1csc(-c2ccc(Cl)s2)n1. The minimum atomic E-state index is -0.0542. The van der Waals surface area contributed by atoms with Crippen molar-refractivity contribution in [3.63, 3.8) is 0 Å². The lowest BCUT2D eigenvalue weighted by Gasteiger charge is -2.00. The van der Waals surface area contributed by atoms with E-state index in [4.69, 9.17) is 17.3 Å². The molecule has 0 spiro atoms. The van der Waals surface area contributed by atoms with Gasteiger partial charge in [0.05, 0.1) is 21.3 Å². The third-order valence-electron chi connectivity index (χ3n) is 2.14. The Balaban J connectivity index is 2.00. The number of aromatic nitrogens is 1. The summed E-state index contributed by atoms with van der Waals surface area (Å²) in [5.74, 6) is -0.0542. The van der Waals surface area contributed by atoms with E-state index in [0.717, 1.165) is 19.9 Å². The van der Waals surface area contributed by atoms with Gasteiger partial charge in [-0.1, -0.05) is 11.6 Å². The third kappa shape index (κ3) is 3.52. The maximum absolute atomic E-state index is 11.5. The van der Waals surface area contributed by atoms with Crippen molar-refractivity contribution in [1.29, 1.82) is 0 Å². The quantitative estimate of drug-likeness (QED) is 0.889. The number of nitrogens with two attached hydrogens (primary N) is 1. The Morgan fingerprint density at radius 3 is 3.00 bits per heavy atom. The van der Waals surface area contributed by atoms with E-state index in [-0.39, 0.29) is 12.3 Å². The zero-order valence-corrected chi connectivity index (χ0v) is 11.9. The summed E-state index contributed by atoms with van der Waals surface area (Å²) in [6.45, 7) is 0.943. The number of nitrogens with one attached hydrogen (secondary N) is 1. The van der Waals surface area contributed by atoms with Gasteiger partial charge >= 0.3 is 0 Å². The van der Waals surface area contributed by atoms with Gasteiger partial charge < -0.3 is 11.1 Å². The first-order chi connectivity index (χ1) is 8.69. The number of rotatable bonds is 5. The molecule has 1 amide bonds. The minimum Gasteiger partial charge on any atom is -0.354 e. The Bertz CT molecular complexity index is 538. The molecule has 0 aliphatic rings. The van der Waals surface area contributed by atoms with Gasteiger partial charge in [0.2, 0.25) is 5.91 Å². The molecular weight excluding hydrogens is 290 g/mol. The zero-order valence-electron chi connectivity index (χ0n) is 9.48. The molecule has 0 atom stereocenters. The van der Waals surface area contributed by atoms with Gasteiger partial charge in [-0.15, -0.1) is 22.7 Å². The van der Waals surface area contributed by atoms with Crippen molar-refractivity contribution in [3.05, 3.63) is 27.5 Å². The van der Waals surface area contributed by atoms with Crippen LogP contribution in [0.2, 0.25) is 4.34 Å². The number of thiazole rings is 1. The molecule has 2 rings (SSSR count). The predicted molar refractivity (Wildman–Crippen MR) is 76.2 cm³/mol. The van der Waals surface area contributed by atoms with E-state index < -0.39 is 0 Å². The van der Waals surface area contributed by atoms with E-state index in [1.165, 1.54) is 22.7 Å². The molecule has 0 saturated heterocycles. The molecule has 0 radical (unpaired) electrons. The van der Waals surface area contributed by atoms with Crippen molar-refractivity contribution >= 4 is 40.2 Å². The summed E-state index contributed by atoms with van der Waals surface area (Å²) in [6, 6.07) is 3.78.